The zero-order valence-electron chi connectivity index (χ0n) is 19.5. The summed E-state index contributed by atoms with van der Waals surface area (Å²) < 4.78 is 5.72. The quantitative estimate of drug-likeness (QED) is 0.579. The highest BCUT2D eigenvalue weighted by Crippen LogP contribution is 2.45. The van der Waals surface area contributed by atoms with E-state index >= 15 is 0 Å². The summed E-state index contributed by atoms with van der Waals surface area (Å²) in [5.74, 6) is 0.163. The molecular formula is C26H33ClN2O3. The van der Waals surface area contributed by atoms with E-state index in [4.69, 9.17) is 4.74 Å². The topological polar surface area (TPSA) is 58.6 Å². The van der Waals surface area contributed by atoms with Crippen molar-refractivity contribution in [3.8, 4) is 5.75 Å². The Morgan fingerprint density at radius 1 is 1.16 bits per heavy atom. The Bertz CT molecular complexity index is 1030. The largest absolute Gasteiger partial charge is 0.490 e. The molecule has 1 fully saturated rings. The molecule has 1 atom stereocenters. The molecule has 2 aliphatic heterocycles. The van der Waals surface area contributed by atoms with Gasteiger partial charge >= 0.3 is 0 Å². The number of anilines is 1. The van der Waals surface area contributed by atoms with E-state index in [0.29, 0.717) is 22.9 Å². The molecular weight excluding hydrogens is 424 g/mol. The maximum atomic E-state index is 13.0. The third-order valence-electron chi connectivity index (χ3n) is 6.34. The fraction of sp³-hybridized carbons (Fsp3) is 0.462. The molecule has 1 unspecified atom stereocenters. The molecule has 2 aliphatic rings. The van der Waals surface area contributed by atoms with Gasteiger partial charge in [0.2, 0.25) is 0 Å². The highest BCUT2D eigenvalue weighted by molar-refractivity contribution is 6.07. The Kier molecular flexibility index (Phi) is 7.01. The van der Waals surface area contributed by atoms with Crippen LogP contribution < -0.4 is 10.1 Å². The van der Waals surface area contributed by atoms with Gasteiger partial charge in [-0.15, -0.1) is 12.4 Å². The van der Waals surface area contributed by atoms with Crippen LogP contribution in [0.15, 0.2) is 36.4 Å². The number of hydrogen-bond acceptors (Lipinski definition) is 4. The zero-order chi connectivity index (χ0) is 22.3. The number of ether oxygens (including phenoxy) is 1. The molecule has 6 heteroatoms. The molecule has 1 saturated heterocycles. The van der Waals surface area contributed by atoms with Crippen LogP contribution in [-0.4, -0.2) is 35.8 Å². The standard InChI is InChI=1S/C26H32N2O3.ClH/c1-16(2)31-24-11-8-18(13-20(24)17(3)29)25(30)27-19-9-10-22-21(14-19)23-7-6-12-28(23)15-26(22,4)5;/h8-11,13-14,16,23H,6-7,12,15H2,1-5H3,(H,27,30);1H. The minimum atomic E-state index is -0.225. The summed E-state index contributed by atoms with van der Waals surface area (Å²) in [6, 6.07) is 11.8. The van der Waals surface area contributed by atoms with Crippen molar-refractivity contribution in [1.82, 2.24) is 4.90 Å². The molecule has 0 saturated carbocycles. The Morgan fingerprint density at radius 3 is 2.59 bits per heavy atom. The summed E-state index contributed by atoms with van der Waals surface area (Å²) in [5, 5.41) is 3.03. The Hall–Kier alpha value is -2.37. The number of ketones is 1. The van der Waals surface area contributed by atoms with Crippen molar-refractivity contribution >= 4 is 29.8 Å². The van der Waals surface area contributed by atoms with Crippen LogP contribution in [-0.2, 0) is 5.41 Å². The van der Waals surface area contributed by atoms with Crippen LogP contribution in [0.2, 0.25) is 0 Å². The third-order valence-corrected chi connectivity index (χ3v) is 6.34. The number of benzene rings is 2. The minimum Gasteiger partial charge on any atom is -0.490 e. The van der Waals surface area contributed by atoms with Gasteiger partial charge < -0.3 is 10.1 Å². The van der Waals surface area contributed by atoms with Crippen LogP contribution in [0.4, 0.5) is 5.69 Å². The first-order valence-corrected chi connectivity index (χ1v) is 11.2. The summed E-state index contributed by atoms with van der Waals surface area (Å²) in [6.45, 7) is 12.1. The fourth-order valence-electron chi connectivity index (χ4n) is 5.00. The van der Waals surface area contributed by atoms with E-state index in [0.717, 1.165) is 18.8 Å². The molecule has 2 heterocycles. The molecule has 1 amide bonds. The zero-order valence-corrected chi connectivity index (χ0v) is 20.3. The molecule has 0 bridgehead atoms. The number of Topliss-reactive ketones (excluding diaryl/α,β-unsaturated/α-hetero) is 1. The number of carbonyl (C=O) groups is 2. The number of fused-ring (bicyclic) bond motifs is 3. The number of rotatable bonds is 5. The number of nitrogens with zero attached hydrogens (tertiary/aromatic N) is 1. The molecule has 0 radical (unpaired) electrons. The summed E-state index contributed by atoms with van der Waals surface area (Å²) in [6.07, 6.45) is 2.34. The first-order valence-electron chi connectivity index (χ1n) is 11.2. The van der Waals surface area contributed by atoms with Gasteiger partial charge in [-0.3, -0.25) is 14.5 Å². The normalized spacial score (nSPS) is 19.0. The van der Waals surface area contributed by atoms with Gasteiger partial charge in [-0.2, -0.15) is 0 Å². The second-order valence-corrected chi connectivity index (χ2v) is 9.70. The molecule has 0 aliphatic carbocycles. The predicted molar refractivity (Wildman–Crippen MR) is 130 cm³/mol. The van der Waals surface area contributed by atoms with E-state index in [1.807, 2.05) is 19.9 Å². The molecule has 2 aromatic rings. The van der Waals surface area contributed by atoms with E-state index in [-0.39, 0.29) is 35.6 Å². The van der Waals surface area contributed by atoms with Crippen molar-refractivity contribution in [2.75, 3.05) is 18.4 Å². The summed E-state index contributed by atoms with van der Waals surface area (Å²) in [7, 11) is 0. The van der Waals surface area contributed by atoms with Crippen molar-refractivity contribution < 1.29 is 14.3 Å². The van der Waals surface area contributed by atoms with Crippen LogP contribution >= 0.6 is 12.4 Å². The first kappa shape index (κ1) is 24.3. The second-order valence-electron chi connectivity index (χ2n) is 9.70. The van der Waals surface area contributed by atoms with Crippen molar-refractivity contribution in [1.29, 1.82) is 0 Å². The van der Waals surface area contributed by atoms with Gasteiger partial charge in [0.1, 0.15) is 5.75 Å². The number of nitrogens with one attached hydrogen (secondary N) is 1. The van der Waals surface area contributed by atoms with E-state index in [1.54, 1.807) is 18.2 Å². The number of hydrogen-bond donors (Lipinski definition) is 1. The maximum absolute atomic E-state index is 13.0. The summed E-state index contributed by atoms with van der Waals surface area (Å²) in [4.78, 5) is 27.6. The first-order chi connectivity index (χ1) is 14.7. The summed E-state index contributed by atoms with van der Waals surface area (Å²) >= 11 is 0. The van der Waals surface area contributed by atoms with Gasteiger partial charge in [-0.25, -0.2) is 0 Å². The van der Waals surface area contributed by atoms with E-state index in [2.05, 4.69) is 36.2 Å². The Morgan fingerprint density at radius 2 is 1.91 bits per heavy atom. The van der Waals surface area contributed by atoms with Gasteiger partial charge in [0.15, 0.2) is 5.78 Å². The van der Waals surface area contributed by atoms with Gasteiger partial charge in [0.05, 0.1) is 11.7 Å². The molecule has 5 nitrogen and oxygen atoms in total. The molecule has 32 heavy (non-hydrogen) atoms. The van der Waals surface area contributed by atoms with Gasteiger partial charge in [-0.05, 0) is 81.6 Å². The lowest BCUT2D eigenvalue weighted by Gasteiger charge is -2.42. The highest BCUT2D eigenvalue weighted by Gasteiger charge is 2.39. The van der Waals surface area contributed by atoms with Crippen LogP contribution in [0, 0.1) is 0 Å². The lowest BCUT2D eigenvalue weighted by atomic mass is 9.76. The molecule has 4 rings (SSSR count). The van der Waals surface area contributed by atoms with Crippen molar-refractivity contribution in [2.24, 2.45) is 0 Å². The van der Waals surface area contributed by atoms with E-state index < -0.39 is 0 Å². The molecule has 0 aromatic heterocycles. The predicted octanol–water partition coefficient (Wildman–Crippen LogP) is 5.78. The van der Waals surface area contributed by atoms with Crippen molar-refractivity contribution in [2.45, 2.75) is 65.0 Å². The smallest absolute Gasteiger partial charge is 0.255 e. The van der Waals surface area contributed by atoms with Crippen LogP contribution in [0.3, 0.4) is 0 Å². The van der Waals surface area contributed by atoms with Crippen molar-refractivity contribution in [3.05, 3.63) is 58.7 Å². The molecule has 0 spiro atoms. The third kappa shape index (κ3) is 4.69. The Labute approximate surface area is 196 Å². The Balaban J connectivity index is 0.00000289. The monoisotopic (exact) mass is 456 g/mol. The van der Waals surface area contributed by atoms with Crippen molar-refractivity contribution in [3.63, 3.8) is 0 Å². The van der Waals surface area contributed by atoms with E-state index in [1.165, 1.54) is 30.9 Å². The van der Waals surface area contributed by atoms with Gasteiger partial charge in [0, 0.05) is 29.3 Å². The SMILES string of the molecule is CC(=O)c1cc(C(=O)Nc2ccc3c(c2)C2CCCN2CC3(C)C)ccc1OC(C)C.Cl. The number of carbonyl (C=O) groups excluding carboxylic acids is 2. The second kappa shape index (κ2) is 9.24. The summed E-state index contributed by atoms with van der Waals surface area (Å²) in [5.41, 5.74) is 4.47. The van der Waals surface area contributed by atoms with Gasteiger partial charge in [-0.1, -0.05) is 19.9 Å². The molecule has 1 N–H and O–H groups in total. The molecule has 172 valence electrons. The average Bonchev–Trinajstić information content (AvgIpc) is 3.15. The average molecular weight is 457 g/mol. The number of halogens is 1. The molecule has 2 aromatic carbocycles. The van der Waals surface area contributed by atoms with Crippen LogP contribution in [0.25, 0.3) is 0 Å². The fourth-order valence-corrected chi connectivity index (χ4v) is 5.00. The lowest BCUT2D eigenvalue weighted by molar-refractivity contribution is 0.101. The maximum Gasteiger partial charge on any atom is 0.255 e. The van der Waals surface area contributed by atoms with Crippen LogP contribution in [0.5, 0.6) is 5.75 Å². The number of amides is 1. The lowest BCUT2D eigenvalue weighted by Crippen LogP contribution is -2.42. The van der Waals surface area contributed by atoms with E-state index in [9.17, 15) is 9.59 Å². The highest BCUT2D eigenvalue weighted by atomic mass is 35.5. The van der Waals surface area contributed by atoms with Gasteiger partial charge in [0.25, 0.3) is 5.91 Å². The minimum absolute atomic E-state index is 0. The van der Waals surface area contributed by atoms with Crippen LogP contribution in [0.1, 0.15) is 85.3 Å².